The summed E-state index contributed by atoms with van der Waals surface area (Å²) >= 11 is 5.93. The van der Waals surface area contributed by atoms with Crippen molar-refractivity contribution in [3.8, 4) is 6.07 Å². The predicted molar refractivity (Wildman–Crippen MR) is 84.9 cm³/mol. The smallest absolute Gasteiger partial charge is 0.251 e. The van der Waals surface area contributed by atoms with Crippen molar-refractivity contribution in [1.82, 2.24) is 0 Å². The Morgan fingerprint density at radius 2 is 1.95 bits per heavy atom. The molecule has 0 unspecified atom stereocenters. The van der Waals surface area contributed by atoms with Gasteiger partial charge in [0.15, 0.2) is 0 Å². The Morgan fingerprint density at radius 1 is 1.24 bits per heavy atom. The van der Waals surface area contributed by atoms with Crippen molar-refractivity contribution in [3.63, 3.8) is 0 Å². The molecule has 0 saturated heterocycles. The van der Waals surface area contributed by atoms with Gasteiger partial charge in [0.1, 0.15) is 6.07 Å². The number of nitrogens with one attached hydrogen (secondary N) is 1. The SMILES string of the molecule is C/C(=C\c1ccccc1)C(=O)Nc1ccc(C#N)c(Cl)c1. The molecule has 0 aliphatic carbocycles. The van der Waals surface area contributed by atoms with Crippen molar-refractivity contribution in [2.45, 2.75) is 6.92 Å². The molecule has 104 valence electrons. The van der Waals surface area contributed by atoms with Crippen molar-refractivity contribution in [1.29, 1.82) is 5.26 Å². The lowest BCUT2D eigenvalue weighted by Gasteiger charge is -2.06. The van der Waals surface area contributed by atoms with Crippen molar-refractivity contribution in [2.75, 3.05) is 5.32 Å². The first-order chi connectivity index (χ1) is 10.1. The van der Waals surface area contributed by atoms with Crippen LogP contribution in [0.5, 0.6) is 0 Å². The number of halogens is 1. The maximum absolute atomic E-state index is 12.1. The first kappa shape index (κ1) is 14.8. The third kappa shape index (κ3) is 3.95. The highest BCUT2D eigenvalue weighted by atomic mass is 35.5. The maximum Gasteiger partial charge on any atom is 0.251 e. The predicted octanol–water partition coefficient (Wildman–Crippen LogP) is 4.25. The third-order valence-corrected chi connectivity index (χ3v) is 3.20. The van der Waals surface area contributed by atoms with E-state index >= 15 is 0 Å². The molecule has 0 saturated carbocycles. The number of rotatable bonds is 3. The van der Waals surface area contributed by atoms with E-state index in [1.807, 2.05) is 36.4 Å². The molecular formula is C17H13ClN2O. The number of amides is 1. The molecule has 2 aromatic carbocycles. The normalized spacial score (nSPS) is 10.8. The first-order valence-electron chi connectivity index (χ1n) is 6.34. The van der Waals surface area contributed by atoms with Crippen LogP contribution in [0.3, 0.4) is 0 Å². The number of benzene rings is 2. The van der Waals surface area contributed by atoms with E-state index in [1.165, 1.54) is 0 Å². The summed E-state index contributed by atoms with van der Waals surface area (Å²) in [6.07, 6.45) is 1.81. The van der Waals surface area contributed by atoms with E-state index in [0.717, 1.165) is 5.56 Å². The average Bonchev–Trinajstić information content (AvgIpc) is 2.48. The summed E-state index contributed by atoms with van der Waals surface area (Å²) in [5.74, 6) is -0.209. The molecule has 1 amide bonds. The summed E-state index contributed by atoms with van der Waals surface area (Å²) in [5.41, 5.74) is 2.49. The summed E-state index contributed by atoms with van der Waals surface area (Å²) in [6, 6.07) is 16.4. The van der Waals surface area contributed by atoms with Gasteiger partial charge in [0, 0.05) is 11.3 Å². The molecule has 1 N–H and O–H groups in total. The number of hydrogen-bond acceptors (Lipinski definition) is 2. The first-order valence-corrected chi connectivity index (χ1v) is 6.72. The minimum Gasteiger partial charge on any atom is -0.322 e. The minimum absolute atomic E-state index is 0.209. The lowest BCUT2D eigenvalue weighted by molar-refractivity contribution is -0.112. The minimum atomic E-state index is -0.209. The van der Waals surface area contributed by atoms with E-state index in [0.29, 0.717) is 21.8 Å². The largest absolute Gasteiger partial charge is 0.322 e. The molecule has 3 nitrogen and oxygen atoms in total. The van der Waals surface area contributed by atoms with Crippen LogP contribution >= 0.6 is 11.6 Å². The molecule has 2 aromatic rings. The monoisotopic (exact) mass is 296 g/mol. The summed E-state index contributed by atoms with van der Waals surface area (Å²) in [5, 5.41) is 11.9. The second-order valence-corrected chi connectivity index (χ2v) is 4.91. The maximum atomic E-state index is 12.1. The summed E-state index contributed by atoms with van der Waals surface area (Å²) in [4.78, 5) is 12.1. The summed E-state index contributed by atoms with van der Waals surface area (Å²) in [6.45, 7) is 1.74. The second kappa shape index (κ2) is 6.74. The van der Waals surface area contributed by atoms with Gasteiger partial charge >= 0.3 is 0 Å². The van der Waals surface area contributed by atoms with Crippen LogP contribution in [0.25, 0.3) is 6.08 Å². The van der Waals surface area contributed by atoms with Crippen molar-refractivity contribution < 1.29 is 4.79 Å². The quantitative estimate of drug-likeness (QED) is 0.861. The molecule has 4 heteroatoms. The molecule has 0 radical (unpaired) electrons. The molecule has 0 aromatic heterocycles. The van der Waals surface area contributed by atoms with Crippen LogP contribution in [0.4, 0.5) is 5.69 Å². The highest BCUT2D eigenvalue weighted by Crippen LogP contribution is 2.20. The molecular weight excluding hydrogens is 284 g/mol. The Labute approximate surface area is 128 Å². The van der Waals surface area contributed by atoms with Gasteiger partial charge in [0.2, 0.25) is 0 Å². The Kier molecular flexibility index (Phi) is 4.76. The Balaban J connectivity index is 2.13. The van der Waals surface area contributed by atoms with Crippen LogP contribution in [-0.4, -0.2) is 5.91 Å². The summed E-state index contributed by atoms with van der Waals surface area (Å²) in [7, 11) is 0. The molecule has 2 rings (SSSR count). The molecule has 0 aliphatic heterocycles. The van der Waals surface area contributed by atoms with Crippen molar-refractivity contribution in [2.24, 2.45) is 0 Å². The number of anilines is 1. The molecule has 0 fully saturated rings. The van der Waals surface area contributed by atoms with E-state index in [9.17, 15) is 4.79 Å². The molecule has 0 aliphatic rings. The van der Waals surface area contributed by atoms with Gasteiger partial charge in [-0.15, -0.1) is 0 Å². The standard InChI is InChI=1S/C17H13ClN2O/c1-12(9-13-5-3-2-4-6-13)17(21)20-15-8-7-14(11-19)16(18)10-15/h2-10H,1H3,(H,20,21)/b12-9+. The van der Waals surface area contributed by atoms with E-state index in [2.05, 4.69) is 5.32 Å². The zero-order chi connectivity index (χ0) is 15.2. The molecule has 21 heavy (non-hydrogen) atoms. The van der Waals surface area contributed by atoms with Crippen LogP contribution in [-0.2, 0) is 4.79 Å². The fourth-order valence-electron chi connectivity index (χ4n) is 1.78. The van der Waals surface area contributed by atoms with E-state index in [-0.39, 0.29) is 5.91 Å². The molecule has 0 spiro atoms. The molecule has 0 atom stereocenters. The third-order valence-electron chi connectivity index (χ3n) is 2.89. The van der Waals surface area contributed by atoms with Crippen LogP contribution in [0.15, 0.2) is 54.1 Å². The lowest BCUT2D eigenvalue weighted by atomic mass is 10.1. The fourth-order valence-corrected chi connectivity index (χ4v) is 2.00. The van der Waals surface area contributed by atoms with Gasteiger partial charge in [-0.2, -0.15) is 5.26 Å². The highest BCUT2D eigenvalue weighted by molar-refractivity contribution is 6.32. The van der Waals surface area contributed by atoms with Gasteiger partial charge in [0.05, 0.1) is 10.6 Å². The van der Waals surface area contributed by atoms with Gasteiger partial charge in [0.25, 0.3) is 5.91 Å². The number of nitriles is 1. The fraction of sp³-hybridized carbons (Fsp3) is 0.0588. The van der Waals surface area contributed by atoms with Gasteiger partial charge in [-0.3, -0.25) is 4.79 Å². The highest BCUT2D eigenvalue weighted by Gasteiger charge is 2.07. The summed E-state index contributed by atoms with van der Waals surface area (Å²) < 4.78 is 0. The van der Waals surface area contributed by atoms with Gasteiger partial charge in [-0.1, -0.05) is 41.9 Å². The molecule has 0 bridgehead atoms. The van der Waals surface area contributed by atoms with E-state index in [1.54, 1.807) is 31.2 Å². The second-order valence-electron chi connectivity index (χ2n) is 4.50. The lowest BCUT2D eigenvalue weighted by Crippen LogP contribution is -2.12. The molecule has 0 heterocycles. The van der Waals surface area contributed by atoms with Crippen molar-refractivity contribution in [3.05, 3.63) is 70.3 Å². The number of carbonyl (C=O) groups is 1. The van der Waals surface area contributed by atoms with E-state index in [4.69, 9.17) is 16.9 Å². The number of nitrogens with zero attached hydrogens (tertiary/aromatic N) is 1. The zero-order valence-electron chi connectivity index (χ0n) is 11.4. The average molecular weight is 297 g/mol. The van der Waals surface area contributed by atoms with Crippen LogP contribution in [0.2, 0.25) is 5.02 Å². The number of carbonyl (C=O) groups excluding carboxylic acids is 1. The van der Waals surface area contributed by atoms with Crippen molar-refractivity contribution >= 4 is 29.3 Å². The van der Waals surface area contributed by atoms with Gasteiger partial charge in [-0.05, 0) is 36.8 Å². The Bertz CT molecular complexity index is 730. The van der Waals surface area contributed by atoms with Crippen LogP contribution in [0.1, 0.15) is 18.1 Å². The van der Waals surface area contributed by atoms with Gasteiger partial charge < -0.3 is 5.32 Å². The topological polar surface area (TPSA) is 52.9 Å². The number of hydrogen-bond donors (Lipinski definition) is 1. The zero-order valence-corrected chi connectivity index (χ0v) is 12.2. The van der Waals surface area contributed by atoms with E-state index < -0.39 is 0 Å². The van der Waals surface area contributed by atoms with Crippen LogP contribution in [0, 0.1) is 11.3 Å². The Hall–Kier alpha value is -2.57. The van der Waals surface area contributed by atoms with Crippen LogP contribution < -0.4 is 5.32 Å². The van der Waals surface area contributed by atoms with Gasteiger partial charge in [-0.25, -0.2) is 0 Å². The Morgan fingerprint density at radius 3 is 2.57 bits per heavy atom.